The Bertz CT molecular complexity index is 1150. The maximum atomic E-state index is 12.5. The lowest BCUT2D eigenvalue weighted by atomic mass is 10.2. The third-order valence-electron chi connectivity index (χ3n) is 3.95. The summed E-state index contributed by atoms with van der Waals surface area (Å²) in [5.74, 6) is -0.502. The Kier molecular flexibility index (Phi) is 5.41. The second kappa shape index (κ2) is 8.30. The van der Waals surface area contributed by atoms with Gasteiger partial charge in [-0.15, -0.1) is 11.3 Å². The van der Waals surface area contributed by atoms with E-state index in [0.29, 0.717) is 22.1 Å². The predicted octanol–water partition coefficient (Wildman–Crippen LogP) is 5.56. The number of carbonyl (C=O) groups excluding carboxylic acids is 2. The number of carbonyl (C=O) groups is 2. The quantitative estimate of drug-likeness (QED) is 0.440. The van der Waals surface area contributed by atoms with Gasteiger partial charge < -0.3 is 15.1 Å². The molecule has 4 rings (SSSR count). The molecule has 0 radical (unpaired) electrons. The van der Waals surface area contributed by atoms with Crippen LogP contribution in [0.15, 0.2) is 76.7 Å². The van der Waals surface area contributed by atoms with E-state index in [0.717, 1.165) is 10.6 Å². The average molecular weight is 424 g/mol. The molecule has 2 aromatic heterocycles. The number of nitrogens with one attached hydrogen (secondary N) is 2. The van der Waals surface area contributed by atoms with Crippen LogP contribution in [0.2, 0.25) is 5.02 Å². The minimum Gasteiger partial charge on any atom is -0.459 e. The van der Waals surface area contributed by atoms with Crippen molar-refractivity contribution in [1.82, 2.24) is 4.98 Å². The molecule has 4 aromatic rings. The number of hydrogen-bond acceptors (Lipinski definition) is 5. The number of hydrogen-bond donors (Lipinski definition) is 2. The van der Waals surface area contributed by atoms with Crippen molar-refractivity contribution >= 4 is 46.1 Å². The van der Waals surface area contributed by atoms with Gasteiger partial charge in [-0.2, -0.15) is 0 Å². The molecule has 8 heteroatoms. The van der Waals surface area contributed by atoms with Gasteiger partial charge in [0.1, 0.15) is 10.7 Å². The number of thiazole rings is 1. The molecule has 2 N–H and O–H groups in total. The van der Waals surface area contributed by atoms with Crippen LogP contribution in [0.25, 0.3) is 10.6 Å². The topological polar surface area (TPSA) is 84.2 Å². The highest BCUT2D eigenvalue weighted by Gasteiger charge is 2.13. The maximum absolute atomic E-state index is 12.5. The van der Waals surface area contributed by atoms with E-state index in [1.807, 2.05) is 12.1 Å². The second-order valence-corrected chi connectivity index (χ2v) is 7.31. The van der Waals surface area contributed by atoms with E-state index in [4.69, 9.17) is 16.0 Å². The summed E-state index contributed by atoms with van der Waals surface area (Å²) >= 11 is 7.28. The fourth-order valence-corrected chi connectivity index (χ4v) is 3.51. The van der Waals surface area contributed by atoms with Crippen LogP contribution < -0.4 is 10.6 Å². The highest BCUT2D eigenvalue weighted by Crippen LogP contribution is 2.25. The second-order valence-electron chi connectivity index (χ2n) is 6.01. The monoisotopic (exact) mass is 423 g/mol. The van der Waals surface area contributed by atoms with E-state index in [1.54, 1.807) is 53.9 Å². The molecular formula is C21H14ClN3O3S. The minimum atomic E-state index is -0.370. The Morgan fingerprint density at radius 1 is 0.931 bits per heavy atom. The Hall–Kier alpha value is -3.42. The van der Waals surface area contributed by atoms with E-state index in [-0.39, 0.29) is 17.6 Å². The van der Waals surface area contributed by atoms with Crippen LogP contribution in [0.1, 0.15) is 21.0 Å². The molecular weight excluding hydrogens is 410 g/mol. The van der Waals surface area contributed by atoms with Crippen LogP contribution in [0.4, 0.5) is 11.4 Å². The molecule has 29 heavy (non-hydrogen) atoms. The number of furan rings is 1. The number of aromatic nitrogens is 1. The lowest BCUT2D eigenvalue weighted by Gasteiger charge is -2.07. The largest absolute Gasteiger partial charge is 0.459 e. The van der Waals surface area contributed by atoms with Gasteiger partial charge >= 0.3 is 0 Å². The van der Waals surface area contributed by atoms with Crippen LogP contribution in [0.5, 0.6) is 0 Å². The van der Waals surface area contributed by atoms with Crippen molar-refractivity contribution < 1.29 is 14.0 Å². The zero-order valence-electron chi connectivity index (χ0n) is 14.9. The van der Waals surface area contributed by atoms with Crippen molar-refractivity contribution in [2.45, 2.75) is 0 Å². The van der Waals surface area contributed by atoms with Crippen molar-refractivity contribution in [3.05, 3.63) is 88.8 Å². The van der Waals surface area contributed by atoms with Crippen molar-refractivity contribution in [2.75, 3.05) is 10.6 Å². The first-order valence-electron chi connectivity index (χ1n) is 8.56. The smallest absolute Gasteiger partial charge is 0.291 e. The Labute approximate surface area is 175 Å². The lowest BCUT2D eigenvalue weighted by molar-refractivity contribution is 0.0994. The number of nitrogens with zero attached hydrogens (tertiary/aromatic N) is 1. The molecule has 0 unspecified atom stereocenters. The molecule has 0 bridgehead atoms. The molecule has 2 amide bonds. The normalized spacial score (nSPS) is 10.5. The number of anilines is 2. The van der Waals surface area contributed by atoms with Gasteiger partial charge in [-0.25, -0.2) is 4.98 Å². The SMILES string of the molecule is O=C(Nc1cccc(NC(=O)c2ccco2)c1)c1csc(-c2ccc(Cl)cc2)n1. The van der Waals surface area contributed by atoms with Crippen molar-refractivity contribution in [1.29, 1.82) is 0 Å². The summed E-state index contributed by atoms with van der Waals surface area (Å²) in [5, 5.41) is 8.57. The van der Waals surface area contributed by atoms with Gasteiger partial charge in [0, 0.05) is 27.3 Å². The van der Waals surface area contributed by atoms with Crippen LogP contribution in [-0.4, -0.2) is 16.8 Å². The number of halogens is 1. The van der Waals surface area contributed by atoms with Crippen LogP contribution in [0.3, 0.4) is 0 Å². The van der Waals surface area contributed by atoms with Gasteiger partial charge in [0.25, 0.3) is 11.8 Å². The highest BCUT2D eigenvalue weighted by atomic mass is 35.5. The third-order valence-corrected chi connectivity index (χ3v) is 5.09. The van der Waals surface area contributed by atoms with Crippen LogP contribution >= 0.6 is 22.9 Å². The lowest BCUT2D eigenvalue weighted by Crippen LogP contribution is -2.14. The van der Waals surface area contributed by atoms with Gasteiger partial charge in [0.15, 0.2) is 5.76 Å². The minimum absolute atomic E-state index is 0.205. The fraction of sp³-hybridized carbons (Fsp3) is 0. The summed E-state index contributed by atoms with van der Waals surface area (Å²) in [5.41, 5.74) is 2.27. The zero-order chi connectivity index (χ0) is 20.2. The number of amides is 2. The molecule has 0 fully saturated rings. The van der Waals surface area contributed by atoms with Crippen molar-refractivity contribution in [3.8, 4) is 10.6 Å². The van der Waals surface area contributed by atoms with Crippen LogP contribution in [0, 0.1) is 0 Å². The molecule has 2 aromatic carbocycles. The first-order valence-corrected chi connectivity index (χ1v) is 9.82. The van der Waals surface area contributed by atoms with Crippen molar-refractivity contribution in [2.24, 2.45) is 0 Å². The Morgan fingerprint density at radius 3 is 2.34 bits per heavy atom. The summed E-state index contributed by atoms with van der Waals surface area (Å²) < 4.78 is 5.07. The Morgan fingerprint density at radius 2 is 1.66 bits per heavy atom. The van der Waals surface area contributed by atoms with E-state index < -0.39 is 0 Å². The summed E-state index contributed by atoms with van der Waals surface area (Å²) in [6, 6.07) is 17.3. The molecule has 0 saturated carbocycles. The molecule has 2 heterocycles. The van der Waals surface area contributed by atoms with Crippen LogP contribution in [-0.2, 0) is 0 Å². The standard InChI is InChI=1S/C21H14ClN3O3S/c22-14-8-6-13(7-9-14)21-25-17(12-29-21)19(26)23-15-3-1-4-16(11-15)24-20(27)18-5-2-10-28-18/h1-12H,(H,23,26)(H,24,27). The first-order chi connectivity index (χ1) is 14.1. The molecule has 0 saturated heterocycles. The molecule has 0 aliphatic carbocycles. The molecule has 0 spiro atoms. The van der Waals surface area contributed by atoms with Gasteiger partial charge in [0.2, 0.25) is 0 Å². The van der Waals surface area contributed by atoms with Gasteiger partial charge in [-0.1, -0.05) is 29.8 Å². The fourth-order valence-electron chi connectivity index (χ4n) is 2.57. The van der Waals surface area contributed by atoms with E-state index in [2.05, 4.69) is 15.6 Å². The predicted molar refractivity (Wildman–Crippen MR) is 114 cm³/mol. The summed E-state index contributed by atoms with van der Waals surface area (Å²) in [4.78, 5) is 29.0. The highest BCUT2D eigenvalue weighted by molar-refractivity contribution is 7.13. The average Bonchev–Trinajstić information content (AvgIpc) is 3.41. The first kappa shape index (κ1) is 18.9. The van der Waals surface area contributed by atoms with Crippen molar-refractivity contribution in [3.63, 3.8) is 0 Å². The van der Waals surface area contributed by atoms with E-state index >= 15 is 0 Å². The molecule has 0 atom stereocenters. The number of rotatable bonds is 5. The molecule has 6 nitrogen and oxygen atoms in total. The molecule has 0 aliphatic rings. The summed E-state index contributed by atoms with van der Waals surface area (Å²) in [6.45, 7) is 0. The van der Waals surface area contributed by atoms with Gasteiger partial charge in [-0.05, 0) is 42.5 Å². The third kappa shape index (κ3) is 4.53. The Balaban J connectivity index is 1.45. The molecule has 144 valence electrons. The molecule has 0 aliphatic heterocycles. The zero-order valence-corrected chi connectivity index (χ0v) is 16.5. The summed E-state index contributed by atoms with van der Waals surface area (Å²) in [6.07, 6.45) is 1.43. The van der Waals surface area contributed by atoms with Gasteiger partial charge in [-0.3, -0.25) is 9.59 Å². The summed E-state index contributed by atoms with van der Waals surface area (Å²) in [7, 11) is 0. The van der Waals surface area contributed by atoms with E-state index in [1.165, 1.54) is 17.6 Å². The van der Waals surface area contributed by atoms with E-state index in [9.17, 15) is 9.59 Å². The van der Waals surface area contributed by atoms with Gasteiger partial charge in [0.05, 0.1) is 6.26 Å². The number of benzene rings is 2. The maximum Gasteiger partial charge on any atom is 0.291 e.